The molecule has 0 radical (unpaired) electrons. The van der Waals surface area contributed by atoms with Gasteiger partial charge >= 0.3 is 0 Å². The maximum atomic E-state index is 12.9. The Bertz CT molecular complexity index is 1200. The Balaban J connectivity index is 1.64. The van der Waals surface area contributed by atoms with Gasteiger partial charge in [-0.3, -0.25) is 14.2 Å². The molecule has 0 bridgehead atoms. The molecule has 0 unspecified atom stereocenters. The number of fused-ring (bicyclic) bond motifs is 1. The highest BCUT2D eigenvalue weighted by Gasteiger charge is 2.19. The van der Waals surface area contributed by atoms with Crippen LogP contribution in [0.2, 0.25) is 0 Å². The minimum Gasteiger partial charge on any atom is -0.305 e. The molecule has 1 N–H and O–H groups in total. The zero-order valence-corrected chi connectivity index (χ0v) is 17.8. The summed E-state index contributed by atoms with van der Waals surface area (Å²) in [4.78, 5) is 17.3. The maximum Gasteiger partial charge on any atom is 0.262 e. The summed E-state index contributed by atoms with van der Waals surface area (Å²) >= 11 is 0. The van der Waals surface area contributed by atoms with Gasteiger partial charge in [-0.15, -0.1) is 0 Å². The van der Waals surface area contributed by atoms with Crippen molar-refractivity contribution in [3.05, 3.63) is 47.7 Å². The number of carbonyl (C=O) groups excluding carboxylic acids is 1. The summed E-state index contributed by atoms with van der Waals surface area (Å²) in [6.07, 6.45) is 7.19. The molecular formula is C21H26N8O. The second kappa shape index (κ2) is 8.10. The van der Waals surface area contributed by atoms with Crippen molar-refractivity contribution in [1.82, 2.24) is 34.2 Å². The minimum atomic E-state index is -0.282. The zero-order valence-electron chi connectivity index (χ0n) is 17.8. The number of unbranched alkanes of at least 4 members (excludes halogenated alkanes) is 1. The first kappa shape index (κ1) is 19.8. The van der Waals surface area contributed by atoms with E-state index in [0.29, 0.717) is 17.0 Å². The molecule has 4 heterocycles. The van der Waals surface area contributed by atoms with Gasteiger partial charge in [0.25, 0.3) is 5.91 Å². The molecule has 30 heavy (non-hydrogen) atoms. The molecular weight excluding hydrogens is 380 g/mol. The summed E-state index contributed by atoms with van der Waals surface area (Å²) in [5.41, 5.74) is 4.76. The van der Waals surface area contributed by atoms with Gasteiger partial charge in [-0.25, -0.2) is 9.50 Å². The van der Waals surface area contributed by atoms with Crippen LogP contribution < -0.4 is 5.32 Å². The van der Waals surface area contributed by atoms with Crippen molar-refractivity contribution in [1.29, 1.82) is 0 Å². The van der Waals surface area contributed by atoms with E-state index in [1.807, 2.05) is 48.5 Å². The van der Waals surface area contributed by atoms with Crippen molar-refractivity contribution in [2.45, 2.75) is 53.6 Å². The Morgan fingerprint density at radius 1 is 1.13 bits per heavy atom. The number of rotatable bonds is 7. The quantitative estimate of drug-likeness (QED) is 0.507. The highest BCUT2D eigenvalue weighted by molar-refractivity contribution is 6.07. The molecule has 4 rings (SSSR count). The first-order chi connectivity index (χ1) is 14.5. The first-order valence-corrected chi connectivity index (χ1v) is 10.2. The highest BCUT2D eigenvalue weighted by atomic mass is 16.1. The number of hydrogen-bond donors (Lipinski definition) is 1. The summed E-state index contributed by atoms with van der Waals surface area (Å²) in [5, 5.41) is 16.2. The lowest BCUT2D eigenvalue weighted by Crippen LogP contribution is -2.13. The zero-order chi connectivity index (χ0) is 21.3. The van der Waals surface area contributed by atoms with E-state index in [1.54, 1.807) is 16.9 Å². The van der Waals surface area contributed by atoms with E-state index < -0.39 is 0 Å². The van der Waals surface area contributed by atoms with Crippen molar-refractivity contribution in [3.8, 4) is 11.3 Å². The van der Waals surface area contributed by atoms with Gasteiger partial charge in [0.2, 0.25) is 0 Å². The topological polar surface area (TPSA) is 94.9 Å². The normalized spacial score (nSPS) is 11.3. The van der Waals surface area contributed by atoms with Gasteiger partial charge in [0.1, 0.15) is 5.56 Å². The molecule has 1 amide bonds. The van der Waals surface area contributed by atoms with Crippen LogP contribution in [0.15, 0.2) is 30.7 Å². The lowest BCUT2D eigenvalue weighted by atomic mass is 10.2. The van der Waals surface area contributed by atoms with E-state index in [1.165, 1.54) is 0 Å². The molecule has 0 aromatic carbocycles. The van der Waals surface area contributed by atoms with Crippen LogP contribution in [0.4, 0.5) is 5.82 Å². The van der Waals surface area contributed by atoms with Crippen molar-refractivity contribution >= 4 is 17.4 Å². The molecule has 4 aromatic rings. The fourth-order valence-electron chi connectivity index (χ4n) is 3.56. The fourth-order valence-corrected chi connectivity index (χ4v) is 3.56. The third kappa shape index (κ3) is 3.47. The number of aromatic nitrogens is 7. The SMILES string of the molecule is CCCCn1nc(NC(=O)c2cnn3c(-c4cnn(CC)c4C)ccnc23)cc1C. The number of nitrogens with one attached hydrogen (secondary N) is 1. The van der Waals surface area contributed by atoms with E-state index >= 15 is 0 Å². The Morgan fingerprint density at radius 2 is 1.97 bits per heavy atom. The summed E-state index contributed by atoms with van der Waals surface area (Å²) in [5.74, 6) is 0.250. The number of amides is 1. The van der Waals surface area contributed by atoms with Gasteiger partial charge in [-0.05, 0) is 33.3 Å². The number of hydrogen-bond acceptors (Lipinski definition) is 5. The van der Waals surface area contributed by atoms with Crippen molar-refractivity contribution in [3.63, 3.8) is 0 Å². The van der Waals surface area contributed by atoms with Gasteiger partial charge in [-0.2, -0.15) is 15.3 Å². The highest BCUT2D eigenvalue weighted by Crippen LogP contribution is 2.24. The standard InChI is InChI=1S/C21H26N8O/c1-5-7-10-28-14(3)11-19(26-28)25-21(30)17-13-24-29-18(8-9-22-20(17)29)16-12-23-27(6-2)15(16)4/h8-9,11-13H,5-7,10H2,1-4H3,(H,25,26,30). The third-order valence-electron chi connectivity index (χ3n) is 5.27. The molecule has 0 atom stereocenters. The average molecular weight is 406 g/mol. The van der Waals surface area contributed by atoms with Crippen LogP contribution >= 0.6 is 0 Å². The van der Waals surface area contributed by atoms with Crippen LogP contribution in [0.3, 0.4) is 0 Å². The minimum absolute atomic E-state index is 0.282. The molecule has 0 saturated carbocycles. The molecule has 0 spiro atoms. The lowest BCUT2D eigenvalue weighted by Gasteiger charge is -2.05. The molecule has 0 saturated heterocycles. The Morgan fingerprint density at radius 3 is 2.70 bits per heavy atom. The summed E-state index contributed by atoms with van der Waals surface area (Å²) < 4.78 is 5.53. The summed E-state index contributed by atoms with van der Waals surface area (Å²) in [6.45, 7) is 9.82. The number of carbonyl (C=O) groups is 1. The lowest BCUT2D eigenvalue weighted by molar-refractivity contribution is 0.102. The summed E-state index contributed by atoms with van der Waals surface area (Å²) in [6, 6.07) is 3.76. The van der Waals surface area contributed by atoms with Gasteiger partial charge in [0.15, 0.2) is 11.5 Å². The maximum absolute atomic E-state index is 12.9. The van der Waals surface area contributed by atoms with Crippen LogP contribution in [-0.2, 0) is 13.1 Å². The fraction of sp³-hybridized carbons (Fsp3) is 0.381. The van der Waals surface area contributed by atoms with Crippen LogP contribution in [-0.4, -0.2) is 40.1 Å². The second-order valence-electron chi connectivity index (χ2n) is 7.28. The van der Waals surface area contributed by atoms with E-state index in [9.17, 15) is 4.79 Å². The van der Waals surface area contributed by atoms with Gasteiger partial charge in [0, 0.05) is 42.3 Å². The number of anilines is 1. The molecule has 0 aliphatic carbocycles. The monoisotopic (exact) mass is 406 g/mol. The largest absolute Gasteiger partial charge is 0.305 e. The molecule has 0 fully saturated rings. The van der Waals surface area contributed by atoms with Crippen LogP contribution in [0.1, 0.15) is 48.4 Å². The molecule has 0 aliphatic heterocycles. The number of nitrogens with zero attached hydrogens (tertiary/aromatic N) is 7. The van der Waals surface area contributed by atoms with E-state index in [2.05, 4.69) is 32.5 Å². The van der Waals surface area contributed by atoms with E-state index in [0.717, 1.165) is 48.6 Å². The van der Waals surface area contributed by atoms with Crippen LogP contribution in [0.5, 0.6) is 0 Å². The van der Waals surface area contributed by atoms with Crippen molar-refractivity contribution in [2.75, 3.05) is 5.32 Å². The van der Waals surface area contributed by atoms with Crippen molar-refractivity contribution < 1.29 is 4.79 Å². The first-order valence-electron chi connectivity index (χ1n) is 10.2. The molecule has 9 nitrogen and oxygen atoms in total. The van der Waals surface area contributed by atoms with Crippen LogP contribution in [0, 0.1) is 13.8 Å². The molecule has 4 aromatic heterocycles. The van der Waals surface area contributed by atoms with E-state index in [4.69, 9.17) is 0 Å². The smallest absolute Gasteiger partial charge is 0.262 e. The molecule has 9 heteroatoms. The van der Waals surface area contributed by atoms with Gasteiger partial charge < -0.3 is 5.32 Å². The number of aryl methyl sites for hydroxylation is 3. The van der Waals surface area contributed by atoms with Crippen molar-refractivity contribution in [2.24, 2.45) is 0 Å². The van der Waals surface area contributed by atoms with Gasteiger partial charge in [0.05, 0.1) is 18.1 Å². The summed E-state index contributed by atoms with van der Waals surface area (Å²) in [7, 11) is 0. The predicted molar refractivity (Wildman–Crippen MR) is 114 cm³/mol. The average Bonchev–Trinajstić information content (AvgIpc) is 3.42. The molecule has 156 valence electrons. The Kier molecular flexibility index (Phi) is 5.35. The van der Waals surface area contributed by atoms with E-state index in [-0.39, 0.29) is 5.91 Å². The predicted octanol–water partition coefficient (Wildman–Crippen LogP) is 3.48. The van der Waals surface area contributed by atoms with Gasteiger partial charge in [-0.1, -0.05) is 13.3 Å². The van der Waals surface area contributed by atoms with Crippen LogP contribution in [0.25, 0.3) is 16.9 Å². The third-order valence-corrected chi connectivity index (χ3v) is 5.27. The molecule has 0 aliphatic rings. The Labute approximate surface area is 174 Å². The second-order valence-corrected chi connectivity index (χ2v) is 7.28. The Hall–Kier alpha value is -3.49.